The van der Waals surface area contributed by atoms with Gasteiger partial charge in [-0.15, -0.1) is 0 Å². The molecule has 0 aromatic heterocycles. The Morgan fingerprint density at radius 3 is 2.40 bits per heavy atom. The standard InChI is InChI=1S/C10H17N3O2/c1-11-8(14)9(15)13-6-10(7-13)3-4-12(2)5-10/h3-7H2,1-2H3,(H,11,14). The number of rotatable bonds is 0. The van der Waals surface area contributed by atoms with Gasteiger partial charge in [0.1, 0.15) is 0 Å². The predicted molar refractivity (Wildman–Crippen MR) is 55.2 cm³/mol. The van der Waals surface area contributed by atoms with E-state index in [-0.39, 0.29) is 5.41 Å². The molecule has 1 N–H and O–H groups in total. The summed E-state index contributed by atoms with van der Waals surface area (Å²) < 4.78 is 0. The van der Waals surface area contributed by atoms with Gasteiger partial charge in [0.15, 0.2) is 0 Å². The van der Waals surface area contributed by atoms with Crippen molar-refractivity contribution >= 4 is 11.8 Å². The van der Waals surface area contributed by atoms with Crippen LogP contribution in [0.25, 0.3) is 0 Å². The number of carbonyl (C=O) groups is 2. The molecule has 2 saturated heterocycles. The Labute approximate surface area is 89.4 Å². The van der Waals surface area contributed by atoms with E-state index in [1.807, 2.05) is 0 Å². The highest BCUT2D eigenvalue weighted by Gasteiger charge is 2.49. The lowest BCUT2D eigenvalue weighted by molar-refractivity contribution is -0.153. The van der Waals surface area contributed by atoms with E-state index in [9.17, 15) is 9.59 Å². The van der Waals surface area contributed by atoms with E-state index in [1.165, 1.54) is 7.05 Å². The monoisotopic (exact) mass is 211 g/mol. The second-order valence-electron chi connectivity index (χ2n) is 4.73. The molecule has 2 fully saturated rings. The SMILES string of the molecule is CNC(=O)C(=O)N1CC2(CCN(C)C2)C1. The second kappa shape index (κ2) is 3.48. The van der Waals surface area contributed by atoms with Crippen LogP contribution < -0.4 is 5.32 Å². The second-order valence-corrected chi connectivity index (χ2v) is 4.73. The number of amides is 2. The van der Waals surface area contributed by atoms with Gasteiger partial charge in [0.25, 0.3) is 0 Å². The van der Waals surface area contributed by atoms with Gasteiger partial charge in [0.05, 0.1) is 0 Å². The Hall–Kier alpha value is -1.10. The first-order valence-corrected chi connectivity index (χ1v) is 5.26. The molecule has 0 bridgehead atoms. The molecule has 15 heavy (non-hydrogen) atoms. The zero-order valence-corrected chi connectivity index (χ0v) is 9.25. The summed E-state index contributed by atoms with van der Waals surface area (Å²) in [5, 5.41) is 2.36. The lowest BCUT2D eigenvalue weighted by Gasteiger charge is -2.47. The molecule has 5 nitrogen and oxygen atoms in total. The van der Waals surface area contributed by atoms with Gasteiger partial charge in [-0.25, -0.2) is 0 Å². The minimum Gasteiger partial charge on any atom is -0.351 e. The largest absolute Gasteiger partial charge is 0.351 e. The lowest BCUT2D eigenvalue weighted by atomic mass is 9.79. The highest BCUT2D eigenvalue weighted by atomic mass is 16.2. The van der Waals surface area contributed by atoms with Crippen LogP contribution in [0.4, 0.5) is 0 Å². The van der Waals surface area contributed by atoms with Gasteiger partial charge in [-0.05, 0) is 20.0 Å². The quantitative estimate of drug-likeness (QED) is 0.517. The summed E-state index contributed by atoms with van der Waals surface area (Å²) in [6, 6.07) is 0. The van der Waals surface area contributed by atoms with Gasteiger partial charge in [-0.1, -0.05) is 0 Å². The fourth-order valence-electron chi connectivity index (χ4n) is 2.57. The Morgan fingerprint density at radius 1 is 1.27 bits per heavy atom. The van der Waals surface area contributed by atoms with E-state index in [0.717, 1.165) is 32.6 Å². The molecule has 0 aliphatic carbocycles. The van der Waals surface area contributed by atoms with Crippen LogP contribution in [0.2, 0.25) is 0 Å². The maximum absolute atomic E-state index is 11.5. The molecule has 0 saturated carbocycles. The van der Waals surface area contributed by atoms with Crippen LogP contribution in [0.1, 0.15) is 6.42 Å². The molecule has 0 unspecified atom stereocenters. The van der Waals surface area contributed by atoms with Crippen molar-refractivity contribution in [2.24, 2.45) is 5.41 Å². The Kier molecular flexibility index (Phi) is 2.42. The van der Waals surface area contributed by atoms with Crippen molar-refractivity contribution in [3.63, 3.8) is 0 Å². The van der Waals surface area contributed by atoms with Crippen molar-refractivity contribution in [1.29, 1.82) is 0 Å². The molecule has 2 rings (SSSR count). The molecule has 2 heterocycles. The molecule has 0 aromatic rings. The van der Waals surface area contributed by atoms with Crippen molar-refractivity contribution in [3.8, 4) is 0 Å². The molecule has 2 aliphatic rings. The summed E-state index contributed by atoms with van der Waals surface area (Å²) >= 11 is 0. The summed E-state index contributed by atoms with van der Waals surface area (Å²) in [4.78, 5) is 26.5. The van der Waals surface area contributed by atoms with Crippen molar-refractivity contribution in [2.45, 2.75) is 6.42 Å². The first-order valence-electron chi connectivity index (χ1n) is 5.26. The summed E-state index contributed by atoms with van der Waals surface area (Å²) in [7, 11) is 3.58. The summed E-state index contributed by atoms with van der Waals surface area (Å²) in [6.45, 7) is 3.62. The van der Waals surface area contributed by atoms with E-state index in [4.69, 9.17) is 0 Å². The molecule has 84 valence electrons. The maximum Gasteiger partial charge on any atom is 0.311 e. The number of nitrogens with one attached hydrogen (secondary N) is 1. The van der Waals surface area contributed by atoms with Gasteiger partial charge >= 0.3 is 11.8 Å². The summed E-state index contributed by atoms with van der Waals surface area (Å²) in [5.41, 5.74) is 0.276. The van der Waals surface area contributed by atoms with Crippen molar-refractivity contribution in [1.82, 2.24) is 15.1 Å². The molecular formula is C10H17N3O2. The van der Waals surface area contributed by atoms with E-state index in [0.29, 0.717) is 0 Å². The molecule has 2 amide bonds. The Balaban J connectivity index is 1.88. The van der Waals surface area contributed by atoms with E-state index >= 15 is 0 Å². The van der Waals surface area contributed by atoms with E-state index in [2.05, 4.69) is 17.3 Å². The van der Waals surface area contributed by atoms with Gasteiger partial charge < -0.3 is 15.1 Å². The number of likely N-dealkylation sites (tertiary alicyclic amines) is 2. The maximum atomic E-state index is 11.5. The molecule has 2 aliphatic heterocycles. The molecule has 1 spiro atoms. The van der Waals surface area contributed by atoms with Gasteiger partial charge in [-0.2, -0.15) is 0 Å². The summed E-state index contributed by atoms with van der Waals surface area (Å²) in [6.07, 6.45) is 1.14. The smallest absolute Gasteiger partial charge is 0.311 e. The van der Waals surface area contributed by atoms with Crippen LogP contribution in [0, 0.1) is 5.41 Å². The van der Waals surface area contributed by atoms with Crippen molar-refractivity contribution < 1.29 is 9.59 Å². The number of hydrogen-bond donors (Lipinski definition) is 1. The number of nitrogens with zero attached hydrogens (tertiary/aromatic N) is 2. The number of hydrogen-bond acceptors (Lipinski definition) is 3. The average Bonchev–Trinajstić information content (AvgIpc) is 2.56. The zero-order valence-electron chi connectivity index (χ0n) is 9.25. The average molecular weight is 211 g/mol. The van der Waals surface area contributed by atoms with Crippen LogP contribution in [0.3, 0.4) is 0 Å². The first-order chi connectivity index (χ1) is 7.06. The van der Waals surface area contributed by atoms with Crippen LogP contribution in [0.15, 0.2) is 0 Å². The predicted octanol–water partition coefficient (Wildman–Crippen LogP) is -1.10. The first kappa shape index (κ1) is 10.4. The number of carbonyl (C=O) groups excluding carboxylic acids is 2. The molecular weight excluding hydrogens is 194 g/mol. The van der Waals surface area contributed by atoms with Gasteiger partial charge in [-0.3, -0.25) is 9.59 Å². The minimum atomic E-state index is -0.504. The molecule has 5 heteroatoms. The third-order valence-corrected chi connectivity index (χ3v) is 3.39. The Bertz CT molecular complexity index is 297. The minimum absolute atomic E-state index is 0.276. The van der Waals surface area contributed by atoms with Crippen LogP contribution >= 0.6 is 0 Å². The highest BCUT2D eigenvalue weighted by molar-refractivity contribution is 6.35. The zero-order chi connectivity index (χ0) is 11.1. The van der Waals surface area contributed by atoms with Gasteiger partial charge in [0, 0.05) is 32.1 Å². The number of likely N-dealkylation sites (N-methyl/N-ethyl adjacent to an activating group) is 1. The fraction of sp³-hybridized carbons (Fsp3) is 0.800. The third-order valence-electron chi connectivity index (χ3n) is 3.39. The Morgan fingerprint density at radius 2 is 1.93 bits per heavy atom. The normalized spacial score (nSPS) is 24.0. The topological polar surface area (TPSA) is 52.7 Å². The van der Waals surface area contributed by atoms with Crippen molar-refractivity contribution in [2.75, 3.05) is 40.3 Å². The molecule has 0 atom stereocenters. The van der Waals surface area contributed by atoms with Gasteiger partial charge in [0.2, 0.25) is 0 Å². The third kappa shape index (κ3) is 1.71. The lowest BCUT2D eigenvalue weighted by Crippen LogP contribution is -2.61. The highest BCUT2D eigenvalue weighted by Crippen LogP contribution is 2.38. The van der Waals surface area contributed by atoms with Crippen LogP contribution in [-0.4, -0.2) is 61.9 Å². The van der Waals surface area contributed by atoms with Crippen LogP contribution in [-0.2, 0) is 9.59 Å². The molecule has 0 radical (unpaired) electrons. The summed E-state index contributed by atoms with van der Waals surface area (Å²) in [5.74, 6) is -0.895. The van der Waals surface area contributed by atoms with Crippen molar-refractivity contribution in [3.05, 3.63) is 0 Å². The van der Waals surface area contributed by atoms with Crippen LogP contribution in [0.5, 0.6) is 0 Å². The van der Waals surface area contributed by atoms with E-state index in [1.54, 1.807) is 4.90 Å². The van der Waals surface area contributed by atoms with E-state index < -0.39 is 11.8 Å². The molecule has 0 aromatic carbocycles. The fourth-order valence-corrected chi connectivity index (χ4v) is 2.57.